The third-order valence-electron chi connectivity index (χ3n) is 1.81. The molecule has 0 aromatic rings. The van der Waals surface area contributed by atoms with Gasteiger partial charge < -0.3 is 19.9 Å². The Balaban J connectivity index is 4.06. The van der Waals surface area contributed by atoms with Gasteiger partial charge in [0.15, 0.2) is 6.29 Å². The van der Waals surface area contributed by atoms with Crippen LogP contribution in [-0.2, 0) is 19.0 Å². The van der Waals surface area contributed by atoms with E-state index in [9.17, 15) is 4.79 Å². The zero-order chi connectivity index (χ0) is 10.3. The molecule has 0 radical (unpaired) electrons. The Morgan fingerprint density at radius 3 is 2.15 bits per heavy atom. The molecule has 0 bridgehead atoms. The number of methoxy groups -OCH3 is 3. The summed E-state index contributed by atoms with van der Waals surface area (Å²) in [5, 5.41) is 0. The Morgan fingerprint density at radius 2 is 1.85 bits per heavy atom. The second-order valence-corrected chi connectivity index (χ2v) is 2.62. The van der Waals surface area contributed by atoms with Gasteiger partial charge in [-0.25, -0.2) is 0 Å². The van der Waals surface area contributed by atoms with Gasteiger partial charge in [0, 0.05) is 26.7 Å². The Labute approximate surface area is 78.1 Å². The van der Waals surface area contributed by atoms with Crippen LogP contribution in [0, 0.1) is 5.92 Å². The average Bonchev–Trinajstić information content (AvgIpc) is 2.17. The molecule has 5 nitrogen and oxygen atoms in total. The van der Waals surface area contributed by atoms with Crippen molar-refractivity contribution < 1.29 is 19.0 Å². The molecule has 1 unspecified atom stereocenters. The minimum Gasteiger partial charge on any atom is -0.469 e. The Bertz CT molecular complexity index is 147. The fraction of sp³-hybridized carbons (Fsp3) is 0.875. The van der Waals surface area contributed by atoms with Crippen LogP contribution in [0.2, 0.25) is 0 Å². The van der Waals surface area contributed by atoms with Crippen molar-refractivity contribution in [2.45, 2.75) is 12.7 Å². The van der Waals surface area contributed by atoms with Crippen molar-refractivity contribution in [1.29, 1.82) is 0 Å². The summed E-state index contributed by atoms with van der Waals surface area (Å²) in [6.07, 6.45) is -0.247. The van der Waals surface area contributed by atoms with Crippen molar-refractivity contribution >= 4 is 5.97 Å². The van der Waals surface area contributed by atoms with Crippen LogP contribution >= 0.6 is 0 Å². The highest BCUT2D eigenvalue weighted by atomic mass is 16.7. The van der Waals surface area contributed by atoms with Crippen LogP contribution in [0.15, 0.2) is 0 Å². The van der Waals surface area contributed by atoms with E-state index >= 15 is 0 Å². The van der Waals surface area contributed by atoms with Gasteiger partial charge in [0.2, 0.25) is 0 Å². The van der Waals surface area contributed by atoms with Crippen LogP contribution in [0.1, 0.15) is 6.42 Å². The van der Waals surface area contributed by atoms with Gasteiger partial charge in [-0.15, -0.1) is 0 Å². The lowest BCUT2D eigenvalue weighted by Gasteiger charge is -2.22. The van der Waals surface area contributed by atoms with Gasteiger partial charge >= 0.3 is 5.97 Å². The largest absolute Gasteiger partial charge is 0.469 e. The molecule has 2 N–H and O–H groups in total. The van der Waals surface area contributed by atoms with E-state index in [2.05, 4.69) is 4.74 Å². The number of nitrogens with two attached hydrogens (primary N) is 1. The second-order valence-electron chi connectivity index (χ2n) is 2.62. The van der Waals surface area contributed by atoms with Gasteiger partial charge in [-0.1, -0.05) is 0 Å². The van der Waals surface area contributed by atoms with E-state index in [0.717, 1.165) is 0 Å². The fourth-order valence-electron chi connectivity index (χ4n) is 1.07. The molecule has 0 aromatic heterocycles. The van der Waals surface area contributed by atoms with E-state index < -0.39 is 6.29 Å². The topological polar surface area (TPSA) is 70.8 Å². The number of esters is 1. The molecule has 0 fully saturated rings. The Kier molecular flexibility index (Phi) is 6.48. The first-order chi connectivity index (χ1) is 6.19. The molecular formula is C8H17NO4. The van der Waals surface area contributed by atoms with Crippen LogP contribution in [-0.4, -0.2) is 40.1 Å². The summed E-state index contributed by atoms with van der Waals surface area (Å²) in [7, 11) is 4.35. The predicted octanol–water partition coefficient (Wildman–Crippen LogP) is -0.257. The molecule has 0 saturated heterocycles. The molecular weight excluding hydrogens is 174 g/mol. The number of ether oxygens (including phenoxy) is 3. The molecule has 0 heterocycles. The molecule has 13 heavy (non-hydrogen) atoms. The quantitative estimate of drug-likeness (QED) is 0.463. The maximum atomic E-state index is 10.9. The zero-order valence-corrected chi connectivity index (χ0v) is 8.28. The number of hydrogen-bond donors (Lipinski definition) is 1. The molecule has 5 heteroatoms. The summed E-state index contributed by atoms with van der Waals surface area (Å²) < 4.78 is 14.5. The van der Waals surface area contributed by atoms with E-state index in [-0.39, 0.29) is 18.3 Å². The number of carbonyl (C=O) groups excluding carboxylic acids is 1. The van der Waals surface area contributed by atoms with Crippen molar-refractivity contribution in [2.75, 3.05) is 27.9 Å². The SMILES string of the molecule is COC(=O)CC(CN)C(OC)OC. The van der Waals surface area contributed by atoms with E-state index in [1.54, 1.807) is 0 Å². The van der Waals surface area contributed by atoms with Crippen molar-refractivity contribution in [3.8, 4) is 0 Å². The number of carbonyl (C=O) groups is 1. The minimum absolute atomic E-state index is 0.164. The van der Waals surface area contributed by atoms with E-state index in [1.165, 1.54) is 21.3 Å². The van der Waals surface area contributed by atoms with Gasteiger partial charge in [0.05, 0.1) is 13.5 Å². The van der Waals surface area contributed by atoms with Crippen molar-refractivity contribution in [2.24, 2.45) is 11.7 Å². The van der Waals surface area contributed by atoms with Crippen molar-refractivity contribution in [3.05, 3.63) is 0 Å². The zero-order valence-electron chi connectivity index (χ0n) is 8.28. The van der Waals surface area contributed by atoms with Gasteiger partial charge in [0.25, 0.3) is 0 Å². The summed E-state index contributed by atoms with van der Waals surface area (Å²) in [5.74, 6) is -0.475. The van der Waals surface area contributed by atoms with Crippen LogP contribution in [0.25, 0.3) is 0 Å². The first kappa shape index (κ1) is 12.3. The van der Waals surface area contributed by atoms with Crippen molar-refractivity contribution in [3.63, 3.8) is 0 Å². The minimum atomic E-state index is -0.455. The third-order valence-corrected chi connectivity index (χ3v) is 1.81. The lowest BCUT2D eigenvalue weighted by atomic mass is 10.1. The first-order valence-electron chi connectivity index (χ1n) is 4.02. The van der Waals surface area contributed by atoms with Crippen LogP contribution in [0.4, 0.5) is 0 Å². The molecule has 0 amide bonds. The van der Waals surface area contributed by atoms with Gasteiger partial charge in [-0.2, -0.15) is 0 Å². The van der Waals surface area contributed by atoms with E-state index in [4.69, 9.17) is 15.2 Å². The smallest absolute Gasteiger partial charge is 0.306 e. The highest BCUT2D eigenvalue weighted by Gasteiger charge is 2.22. The standard InChI is InChI=1S/C8H17NO4/c1-11-7(10)4-6(5-9)8(12-2)13-3/h6,8H,4-5,9H2,1-3H3. The van der Waals surface area contributed by atoms with Crippen LogP contribution in [0.5, 0.6) is 0 Å². The maximum absolute atomic E-state index is 10.9. The molecule has 0 spiro atoms. The molecule has 1 atom stereocenters. The molecule has 0 aliphatic carbocycles. The molecule has 0 aliphatic rings. The average molecular weight is 191 g/mol. The molecule has 78 valence electrons. The van der Waals surface area contributed by atoms with Crippen LogP contribution in [0.3, 0.4) is 0 Å². The summed E-state index contributed by atoms with van der Waals surface area (Å²) >= 11 is 0. The summed E-state index contributed by atoms with van der Waals surface area (Å²) in [4.78, 5) is 10.9. The summed E-state index contributed by atoms with van der Waals surface area (Å²) in [6, 6.07) is 0. The lowest BCUT2D eigenvalue weighted by molar-refractivity contribution is -0.156. The Hall–Kier alpha value is -0.650. The van der Waals surface area contributed by atoms with Gasteiger partial charge in [-0.05, 0) is 0 Å². The fourth-order valence-corrected chi connectivity index (χ4v) is 1.07. The highest BCUT2D eigenvalue weighted by Crippen LogP contribution is 2.11. The van der Waals surface area contributed by atoms with Crippen LogP contribution < -0.4 is 5.73 Å². The monoisotopic (exact) mass is 191 g/mol. The number of rotatable bonds is 6. The molecule has 0 rings (SSSR count). The lowest BCUT2D eigenvalue weighted by Crippen LogP contribution is -2.33. The maximum Gasteiger partial charge on any atom is 0.306 e. The molecule has 0 saturated carbocycles. The van der Waals surface area contributed by atoms with Gasteiger partial charge in [0.1, 0.15) is 0 Å². The molecule has 0 aliphatic heterocycles. The van der Waals surface area contributed by atoms with E-state index in [1.807, 2.05) is 0 Å². The first-order valence-corrected chi connectivity index (χ1v) is 4.02. The summed E-state index contributed by atoms with van der Waals surface area (Å²) in [5.41, 5.74) is 5.46. The van der Waals surface area contributed by atoms with Crippen molar-refractivity contribution in [1.82, 2.24) is 0 Å². The van der Waals surface area contributed by atoms with E-state index in [0.29, 0.717) is 6.54 Å². The third kappa shape index (κ3) is 4.21. The second kappa shape index (κ2) is 6.82. The summed E-state index contributed by atoms with van der Waals surface area (Å²) in [6.45, 7) is 0.321. The predicted molar refractivity (Wildman–Crippen MR) is 47.0 cm³/mol. The Morgan fingerprint density at radius 1 is 1.31 bits per heavy atom. The number of hydrogen-bond acceptors (Lipinski definition) is 5. The highest BCUT2D eigenvalue weighted by molar-refractivity contribution is 5.69. The normalized spacial score (nSPS) is 13.0. The van der Waals surface area contributed by atoms with Gasteiger partial charge in [-0.3, -0.25) is 4.79 Å². The molecule has 0 aromatic carbocycles.